The van der Waals surface area contributed by atoms with Gasteiger partial charge < -0.3 is 9.47 Å². The fourth-order valence-electron chi connectivity index (χ4n) is 1.12. The molecule has 0 unspecified atom stereocenters. The van der Waals surface area contributed by atoms with Gasteiger partial charge in [0.1, 0.15) is 5.75 Å². The monoisotopic (exact) mass is 235 g/mol. The van der Waals surface area contributed by atoms with Crippen LogP contribution in [-0.2, 0) is 14.3 Å². The van der Waals surface area contributed by atoms with Crippen LogP contribution in [0.3, 0.4) is 0 Å². The van der Waals surface area contributed by atoms with Crippen molar-refractivity contribution in [3.8, 4) is 5.75 Å². The molecule has 1 aromatic carbocycles. The lowest BCUT2D eigenvalue weighted by Crippen LogP contribution is -2.10. The zero-order valence-electron chi connectivity index (χ0n) is 9.77. The van der Waals surface area contributed by atoms with Crippen LogP contribution in [0.2, 0.25) is 0 Å². The molecule has 91 valence electrons. The molecule has 1 radical (unpaired) electrons. The van der Waals surface area contributed by atoms with Crippen LogP contribution < -0.4 is 4.74 Å². The molecular weight excluding hydrogens is 220 g/mol. The molecule has 1 rings (SSSR count). The minimum Gasteiger partial charge on any atom is -0.466 e. The Morgan fingerprint density at radius 2 is 2.12 bits per heavy atom. The lowest BCUT2D eigenvalue weighted by atomic mass is 10.3. The Labute approximate surface area is 101 Å². The maximum Gasteiger partial charge on any atom is 0.311 e. The van der Waals surface area contributed by atoms with Crippen LogP contribution >= 0.6 is 0 Å². The van der Waals surface area contributed by atoms with Crippen LogP contribution in [0.4, 0.5) is 0 Å². The standard InChI is InChI=1S/C13H15O4/c1-2-12(14)16-10-6-9-13(15)17-11-7-4-3-5-8-11/h3-5,7H,2,6,9-10H2,1H3. The summed E-state index contributed by atoms with van der Waals surface area (Å²) < 4.78 is 9.85. The maximum atomic E-state index is 11.3. The first-order chi connectivity index (χ1) is 8.22. The van der Waals surface area contributed by atoms with Crippen molar-refractivity contribution in [2.24, 2.45) is 0 Å². The summed E-state index contributed by atoms with van der Waals surface area (Å²) in [6.45, 7) is 1.97. The van der Waals surface area contributed by atoms with Gasteiger partial charge in [-0.1, -0.05) is 25.1 Å². The molecule has 4 heteroatoms. The molecule has 0 saturated carbocycles. The van der Waals surface area contributed by atoms with Crippen molar-refractivity contribution in [3.05, 3.63) is 30.3 Å². The minimum atomic E-state index is -0.347. The van der Waals surface area contributed by atoms with Gasteiger partial charge in [0.2, 0.25) is 0 Å². The largest absolute Gasteiger partial charge is 0.466 e. The third-order valence-electron chi connectivity index (χ3n) is 1.98. The van der Waals surface area contributed by atoms with E-state index in [0.717, 1.165) is 0 Å². The molecule has 0 amide bonds. The SMILES string of the molecule is CCC(=O)OCCCC(=O)Oc1[c]cccc1. The number of hydrogen-bond acceptors (Lipinski definition) is 4. The van der Waals surface area contributed by atoms with Crippen molar-refractivity contribution in [1.82, 2.24) is 0 Å². The first-order valence-corrected chi connectivity index (χ1v) is 5.55. The molecule has 17 heavy (non-hydrogen) atoms. The summed E-state index contributed by atoms with van der Waals surface area (Å²) in [4.78, 5) is 22.1. The molecule has 0 atom stereocenters. The zero-order chi connectivity index (χ0) is 12.5. The van der Waals surface area contributed by atoms with E-state index in [2.05, 4.69) is 6.07 Å². The fourth-order valence-corrected chi connectivity index (χ4v) is 1.12. The Hall–Kier alpha value is -1.84. The van der Waals surface area contributed by atoms with Gasteiger partial charge in [-0.15, -0.1) is 0 Å². The predicted octanol–water partition coefficient (Wildman–Crippen LogP) is 2.13. The predicted molar refractivity (Wildman–Crippen MR) is 61.4 cm³/mol. The summed E-state index contributed by atoms with van der Waals surface area (Å²) in [5.74, 6) is -0.196. The molecule has 0 heterocycles. The van der Waals surface area contributed by atoms with Crippen molar-refractivity contribution in [1.29, 1.82) is 0 Å². The number of carbonyl (C=O) groups is 2. The summed E-state index contributed by atoms with van der Waals surface area (Å²) in [5, 5.41) is 0. The Morgan fingerprint density at radius 3 is 2.76 bits per heavy atom. The topological polar surface area (TPSA) is 52.6 Å². The van der Waals surface area contributed by atoms with E-state index in [1.165, 1.54) is 0 Å². The molecule has 0 spiro atoms. The number of esters is 2. The van der Waals surface area contributed by atoms with Crippen molar-refractivity contribution < 1.29 is 19.1 Å². The van der Waals surface area contributed by atoms with E-state index in [4.69, 9.17) is 9.47 Å². The van der Waals surface area contributed by atoms with Crippen LogP contribution in [0.25, 0.3) is 0 Å². The van der Waals surface area contributed by atoms with Crippen molar-refractivity contribution in [3.63, 3.8) is 0 Å². The second kappa shape index (κ2) is 7.44. The molecule has 0 aliphatic rings. The van der Waals surface area contributed by atoms with Gasteiger partial charge >= 0.3 is 11.9 Å². The van der Waals surface area contributed by atoms with Crippen LogP contribution in [0.1, 0.15) is 26.2 Å². The van der Waals surface area contributed by atoms with E-state index in [1.807, 2.05) is 0 Å². The number of hydrogen-bond donors (Lipinski definition) is 0. The normalized spacial score (nSPS) is 9.71. The highest BCUT2D eigenvalue weighted by Crippen LogP contribution is 2.08. The van der Waals surface area contributed by atoms with E-state index in [1.54, 1.807) is 31.2 Å². The van der Waals surface area contributed by atoms with Crippen LogP contribution in [0.5, 0.6) is 5.75 Å². The molecule has 0 N–H and O–H groups in total. The van der Waals surface area contributed by atoms with Crippen molar-refractivity contribution >= 4 is 11.9 Å². The smallest absolute Gasteiger partial charge is 0.311 e. The average molecular weight is 235 g/mol. The third-order valence-corrected chi connectivity index (χ3v) is 1.98. The van der Waals surface area contributed by atoms with E-state index in [-0.39, 0.29) is 25.0 Å². The van der Waals surface area contributed by atoms with Gasteiger partial charge in [0.05, 0.1) is 6.61 Å². The molecule has 4 nitrogen and oxygen atoms in total. The van der Waals surface area contributed by atoms with Crippen molar-refractivity contribution in [2.75, 3.05) is 6.61 Å². The summed E-state index contributed by atoms with van der Waals surface area (Å²) in [6, 6.07) is 9.68. The first-order valence-electron chi connectivity index (χ1n) is 5.55. The maximum absolute atomic E-state index is 11.3. The second-order valence-electron chi connectivity index (χ2n) is 3.38. The van der Waals surface area contributed by atoms with Crippen molar-refractivity contribution in [2.45, 2.75) is 26.2 Å². The first kappa shape index (κ1) is 13.2. The Kier molecular flexibility index (Phi) is 5.79. The minimum absolute atomic E-state index is 0.222. The van der Waals surface area contributed by atoms with E-state index < -0.39 is 0 Å². The summed E-state index contributed by atoms with van der Waals surface area (Å²) in [6.07, 6.45) is 1.04. The highest BCUT2D eigenvalue weighted by Gasteiger charge is 2.05. The number of para-hydroxylation sites is 1. The average Bonchev–Trinajstić information content (AvgIpc) is 2.35. The van der Waals surface area contributed by atoms with Gasteiger partial charge in [-0.3, -0.25) is 9.59 Å². The fraction of sp³-hybridized carbons (Fsp3) is 0.385. The Bertz CT molecular complexity index is 359. The van der Waals surface area contributed by atoms with E-state index >= 15 is 0 Å². The number of rotatable bonds is 6. The number of carbonyl (C=O) groups excluding carboxylic acids is 2. The molecule has 0 aliphatic carbocycles. The Balaban J connectivity index is 2.16. The van der Waals surface area contributed by atoms with Gasteiger partial charge in [0.15, 0.2) is 0 Å². The van der Waals surface area contributed by atoms with Gasteiger partial charge in [-0.05, 0) is 12.5 Å². The summed E-state index contributed by atoms with van der Waals surface area (Å²) >= 11 is 0. The van der Waals surface area contributed by atoms with Crippen LogP contribution in [0, 0.1) is 6.07 Å². The van der Waals surface area contributed by atoms with Crippen LogP contribution in [-0.4, -0.2) is 18.5 Å². The Morgan fingerprint density at radius 1 is 1.29 bits per heavy atom. The molecular formula is C13H15O4. The van der Waals surface area contributed by atoms with Gasteiger partial charge in [0.25, 0.3) is 0 Å². The lowest BCUT2D eigenvalue weighted by molar-refractivity contribution is -0.144. The van der Waals surface area contributed by atoms with Gasteiger partial charge in [-0.25, -0.2) is 0 Å². The molecule has 0 aromatic heterocycles. The molecule has 0 saturated heterocycles. The molecule has 0 bridgehead atoms. The lowest BCUT2D eigenvalue weighted by Gasteiger charge is -2.04. The second-order valence-corrected chi connectivity index (χ2v) is 3.38. The highest BCUT2D eigenvalue weighted by molar-refractivity contribution is 5.72. The van der Waals surface area contributed by atoms with E-state index in [0.29, 0.717) is 18.6 Å². The van der Waals surface area contributed by atoms with E-state index in [9.17, 15) is 9.59 Å². The third kappa shape index (κ3) is 5.70. The van der Waals surface area contributed by atoms with Gasteiger partial charge in [-0.2, -0.15) is 0 Å². The molecule has 0 fully saturated rings. The summed E-state index contributed by atoms with van der Waals surface area (Å²) in [7, 11) is 0. The van der Waals surface area contributed by atoms with Crippen LogP contribution in [0.15, 0.2) is 24.3 Å². The zero-order valence-corrected chi connectivity index (χ0v) is 9.77. The quantitative estimate of drug-likeness (QED) is 0.430. The van der Waals surface area contributed by atoms with Gasteiger partial charge in [0, 0.05) is 18.9 Å². The number of benzene rings is 1. The number of ether oxygens (including phenoxy) is 2. The highest BCUT2D eigenvalue weighted by atomic mass is 16.5. The molecule has 1 aromatic rings. The summed E-state index contributed by atoms with van der Waals surface area (Å²) in [5.41, 5.74) is 0. The molecule has 0 aliphatic heterocycles.